The van der Waals surface area contributed by atoms with Crippen LogP contribution in [0.1, 0.15) is 44.9 Å². The monoisotopic (exact) mass is 186 g/mol. The summed E-state index contributed by atoms with van der Waals surface area (Å²) in [6.07, 6.45) is 8.46. The van der Waals surface area contributed by atoms with Gasteiger partial charge in [0.05, 0.1) is 0 Å². The van der Waals surface area contributed by atoms with E-state index in [1.54, 1.807) is 0 Å². The molecule has 2 nitrogen and oxygen atoms in total. The molecule has 0 atom stereocenters. The van der Waals surface area contributed by atoms with E-state index in [0.717, 1.165) is 6.42 Å². The molecule has 2 aliphatic carbocycles. The first-order valence-electron chi connectivity index (χ1n) is 5.36. The Morgan fingerprint density at radius 3 is 2.07 bits per heavy atom. The third-order valence-electron chi connectivity index (χ3n) is 3.83. The van der Waals surface area contributed by atoms with Gasteiger partial charge >= 0.3 is 0 Å². The second-order valence-electron chi connectivity index (χ2n) is 4.42. The lowest BCUT2D eigenvalue weighted by atomic mass is 9.56. The molecule has 0 aromatic carbocycles. The molecule has 2 heteroatoms. The first-order valence-corrected chi connectivity index (χ1v) is 5.36. The summed E-state index contributed by atoms with van der Waals surface area (Å²) in [5.41, 5.74) is 1.85. The van der Waals surface area contributed by atoms with Crippen LogP contribution in [0.15, 0.2) is 11.1 Å². The molecule has 2 rings (SSSR count). The van der Waals surface area contributed by atoms with Gasteiger partial charge in [0.15, 0.2) is 0 Å². The Labute approximate surface area is 84.8 Å². The van der Waals surface area contributed by atoms with Crippen molar-refractivity contribution < 1.29 is 0 Å². The summed E-state index contributed by atoms with van der Waals surface area (Å²) in [6, 6.07) is 4.09. The average Bonchev–Trinajstić information content (AvgIpc) is 2.25. The number of nitriles is 2. The van der Waals surface area contributed by atoms with Gasteiger partial charge in [-0.1, -0.05) is 19.3 Å². The molecule has 0 bridgehead atoms. The SMILES string of the molecule is N#CC(C#N)=C1CCC12CCCCC2. The zero-order valence-electron chi connectivity index (χ0n) is 8.34. The van der Waals surface area contributed by atoms with E-state index in [1.807, 2.05) is 12.1 Å². The van der Waals surface area contributed by atoms with Gasteiger partial charge in [-0.05, 0) is 36.7 Å². The minimum atomic E-state index is 0.277. The molecule has 0 heterocycles. The molecule has 2 saturated carbocycles. The molecular weight excluding hydrogens is 172 g/mol. The quantitative estimate of drug-likeness (QED) is 0.546. The summed E-state index contributed by atoms with van der Waals surface area (Å²) < 4.78 is 0. The molecule has 0 unspecified atom stereocenters. The Balaban J connectivity index is 2.28. The highest BCUT2D eigenvalue weighted by molar-refractivity contribution is 5.46. The highest BCUT2D eigenvalue weighted by Crippen LogP contribution is 2.56. The standard InChI is InChI=1S/C12H14N2/c13-8-10(9-14)11-4-7-12(11)5-2-1-3-6-12/h1-7H2. The van der Waals surface area contributed by atoms with Crippen molar-refractivity contribution in [3.8, 4) is 12.1 Å². The Morgan fingerprint density at radius 1 is 1.00 bits per heavy atom. The fourth-order valence-corrected chi connectivity index (χ4v) is 2.93. The Morgan fingerprint density at radius 2 is 1.64 bits per heavy atom. The lowest BCUT2D eigenvalue weighted by Gasteiger charge is -2.47. The van der Waals surface area contributed by atoms with Crippen molar-refractivity contribution in [2.45, 2.75) is 44.9 Å². The average molecular weight is 186 g/mol. The van der Waals surface area contributed by atoms with Crippen molar-refractivity contribution in [2.75, 3.05) is 0 Å². The molecule has 2 fully saturated rings. The minimum absolute atomic E-state index is 0.277. The Bertz CT molecular complexity index is 329. The van der Waals surface area contributed by atoms with Gasteiger partial charge in [-0.2, -0.15) is 10.5 Å². The molecule has 0 aromatic rings. The van der Waals surface area contributed by atoms with Gasteiger partial charge in [-0.25, -0.2) is 0 Å². The van der Waals surface area contributed by atoms with Gasteiger partial charge in [0.25, 0.3) is 0 Å². The van der Waals surface area contributed by atoms with Crippen molar-refractivity contribution in [3.63, 3.8) is 0 Å². The number of hydrogen-bond donors (Lipinski definition) is 0. The highest BCUT2D eigenvalue weighted by Gasteiger charge is 2.44. The van der Waals surface area contributed by atoms with E-state index in [0.29, 0.717) is 5.57 Å². The first-order chi connectivity index (χ1) is 6.82. The van der Waals surface area contributed by atoms with Crippen molar-refractivity contribution >= 4 is 0 Å². The summed E-state index contributed by atoms with van der Waals surface area (Å²) in [5.74, 6) is 0. The summed E-state index contributed by atoms with van der Waals surface area (Å²) in [5, 5.41) is 17.7. The van der Waals surface area contributed by atoms with E-state index in [2.05, 4.69) is 0 Å². The minimum Gasteiger partial charge on any atom is -0.192 e. The molecule has 0 saturated heterocycles. The zero-order valence-corrected chi connectivity index (χ0v) is 8.34. The van der Waals surface area contributed by atoms with E-state index in [-0.39, 0.29) is 5.41 Å². The molecule has 0 aromatic heterocycles. The van der Waals surface area contributed by atoms with Crippen LogP contribution < -0.4 is 0 Å². The van der Waals surface area contributed by atoms with E-state index >= 15 is 0 Å². The van der Waals surface area contributed by atoms with Crippen LogP contribution in [0.3, 0.4) is 0 Å². The Hall–Kier alpha value is -1.28. The topological polar surface area (TPSA) is 47.6 Å². The lowest BCUT2D eigenvalue weighted by Crippen LogP contribution is -2.35. The van der Waals surface area contributed by atoms with Crippen LogP contribution in [0.4, 0.5) is 0 Å². The molecule has 1 spiro atoms. The van der Waals surface area contributed by atoms with Gasteiger partial charge in [0.2, 0.25) is 0 Å². The Kier molecular flexibility index (Phi) is 2.30. The predicted octanol–water partition coefficient (Wildman–Crippen LogP) is 3.07. The van der Waals surface area contributed by atoms with Crippen LogP contribution in [-0.2, 0) is 0 Å². The van der Waals surface area contributed by atoms with Crippen LogP contribution in [0.2, 0.25) is 0 Å². The number of rotatable bonds is 0. The second kappa shape index (κ2) is 3.46. The second-order valence-corrected chi connectivity index (χ2v) is 4.42. The normalized spacial score (nSPS) is 23.4. The lowest BCUT2D eigenvalue weighted by molar-refractivity contribution is 0.158. The highest BCUT2D eigenvalue weighted by atomic mass is 14.5. The molecule has 0 aliphatic heterocycles. The van der Waals surface area contributed by atoms with E-state index in [9.17, 15) is 0 Å². The maximum absolute atomic E-state index is 8.85. The van der Waals surface area contributed by atoms with Gasteiger partial charge < -0.3 is 0 Å². The summed E-state index contributed by atoms with van der Waals surface area (Å²) >= 11 is 0. The molecule has 2 aliphatic rings. The van der Waals surface area contributed by atoms with Crippen molar-refractivity contribution in [3.05, 3.63) is 11.1 Å². The predicted molar refractivity (Wildman–Crippen MR) is 53.0 cm³/mol. The van der Waals surface area contributed by atoms with Gasteiger partial charge in [-0.3, -0.25) is 0 Å². The van der Waals surface area contributed by atoms with Gasteiger partial charge in [-0.15, -0.1) is 0 Å². The molecular formula is C12H14N2. The fourth-order valence-electron chi connectivity index (χ4n) is 2.93. The van der Waals surface area contributed by atoms with Crippen LogP contribution in [-0.4, -0.2) is 0 Å². The number of hydrogen-bond acceptors (Lipinski definition) is 2. The maximum Gasteiger partial charge on any atom is 0.129 e. The molecule has 14 heavy (non-hydrogen) atoms. The third-order valence-corrected chi connectivity index (χ3v) is 3.83. The molecule has 0 amide bonds. The van der Waals surface area contributed by atoms with Crippen LogP contribution in [0.5, 0.6) is 0 Å². The van der Waals surface area contributed by atoms with Crippen molar-refractivity contribution in [1.82, 2.24) is 0 Å². The fraction of sp³-hybridized carbons (Fsp3) is 0.667. The zero-order chi connectivity index (χ0) is 10.0. The van der Waals surface area contributed by atoms with Crippen LogP contribution in [0, 0.1) is 28.1 Å². The van der Waals surface area contributed by atoms with Crippen LogP contribution >= 0.6 is 0 Å². The van der Waals surface area contributed by atoms with E-state index in [4.69, 9.17) is 10.5 Å². The molecule has 0 N–H and O–H groups in total. The van der Waals surface area contributed by atoms with Crippen molar-refractivity contribution in [1.29, 1.82) is 10.5 Å². The molecule has 72 valence electrons. The smallest absolute Gasteiger partial charge is 0.129 e. The summed E-state index contributed by atoms with van der Waals surface area (Å²) in [4.78, 5) is 0. The largest absolute Gasteiger partial charge is 0.192 e. The summed E-state index contributed by atoms with van der Waals surface area (Å²) in [7, 11) is 0. The van der Waals surface area contributed by atoms with Crippen LogP contribution in [0.25, 0.3) is 0 Å². The van der Waals surface area contributed by atoms with Crippen molar-refractivity contribution in [2.24, 2.45) is 5.41 Å². The van der Waals surface area contributed by atoms with Gasteiger partial charge in [0, 0.05) is 0 Å². The number of nitrogens with zero attached hydrogens (tertiary/aromatic N) is 2. The molecule has 0 radical (unpaired) electrons. The maximum atomic E-state index is 8.85. The van der Waals surface area contributed by atoms with Gasteiger partial charge in [0.1, 0.15) is 17.7 Å². The first kappa shape index (κ1) is 9.28. The van der Waals surface area contributed by atoms with E-state index < -0.39 is 0 Å². The van der Waals surface area contributed by atoms with E-state index in [1.165, 1.54) is 44.1 Å². The summed E-state index contributed by atoms with van der Waals surface area (Å²) in [6.45, 7) is 0. The third kappa shape index (κ3) is 1.23. The number of allylic oxidation sites excluding steroid dienone is 2.